The van der Waals surface area contributed by atoms with Gasteiger partial charge in [-0.15, -0.1) is 0 Å². The summed E-state index contributed by atoms with van der Waals surface area (Å²) in [5.74, 6) is 0. The molecule has 0 saturated carbocycles. The van der Waals surface area contributed by atoms with Gasteiger partial charge < -0.3 is 39.8 Å². The minimum atomic E-state index is -4.92. The third kappa shape index (κ3) is 7.33. The number of carbonyl (C=O) groups excluding carboxylic acids is 1. The number of urea groups is 1. The van der Waals surface area contributed by atoms with Gasteiger partial charge in [-0.2, -0.15) is 0 Å². The molecular weight excluding hydrogens is 547 g/mol. The van der Waals surface area contributed by atoms with Gasteiger partial charge in [-0.3, -0.25) is 23.0 Å². The summed E-state index contributed by atoms with van der Waals surface area (Å²) in [7, 11) is -5.98. The summed E-state index contributed by atoms with van der Waals surface area (Å²) in [5, 5.41) is 2.48. The highest BCUT2D eigenvalue weighted by Crippen LogP contribution is 2.50. The van der Waals surface area contributed by atoms with Crippen LogP contribution in [0.25, 0.3) is 0 Å². The third-order valence-electron chi connectivity index (χ3n) is 5.80. The zero-order valence-corrected chi connectivity index (χ0v) is 22.2. The number of nitrogens with one attached hydrogen (secondary N) is 1. The molecule has 16 nitrogen and oxygen atoms in total. The highest BCUT2D eigenvalue weighted by atomic mass is 31.2. The van der Waals surface area contributed by atoms with E-state index in [1.54, 1.807) is 0 Å². The summed E-state index contributed by atoms with van der Waals surface area (Å²) in [5.41, 5.74) is 5.66. The van der Waals surface area contributed by atoms with Gasteiger partial charge >= 0.3 is 21.7 Å². The summed E-state index contributed by atoms with van der Waals surface area (Å²) in [6.07, 6.45) is -8.15. The molecule has 2 amide bonds. The normalized spacial score (nSPS) is 39.4. The van der Waals surface area contributed by atoms with Crippen LogP contribution in [0.5, 0.6) is 0 Å². The molecule has 0 bridgehead atoms. The number of methoxy groups -OCH3 is 2. The molecule has 0 aliphatic carbocycles. The number of alkyl halides is 1. The van der Waals surface area contributed by atoms with Crippen LogP contribution in [-0.4, -0.2) is 110 Å². The van der Waals surface area contributed by atoms with Crippen LogP contribution < -0.4 is 11.1 Å². The number of rotatable bonds is 12. The van der Waals surface area contributed by atoms with E-state index in [1.165, 1.54) is 33.4 Å². The first-order chi connectivity index (χ1) is 17.3. The number of hydrogen-bond donors (Lipinski definition) is 4. The molecule has 19 heteroatoms. The van der Waals surface area contributed by atoms with Gasteiger partial charge in [0.2, 0.25) is 0 Å². The third-order valence-corrected chi connectivity index (χ3v) is 7.76. The first-order valence-corrected chi connectivity index (χ1v) is 14.0. The van der Waals surface area contributed by atoms with E-state index in [1.807, 2.05) is 0 Å². The Bertz CT molecular complexity index is 931. The molecule has 5 N–H and O–H groups in total. The molecule has 0 aromatic heterocycles. The second-order valence-electron chi connectivity index (χ2n) is 8.32. The van der Waals surface area contributed by atoms with Crippen LogP contribution in [0, 0.1) is 0 Å². The molecule has 2 fully saturated rings. The zero-order chi connectivity index (χ0) is 27.5. The molecule has 0 radical (unpaired) electrons. The standard InChI is InChI=1S/C18H32FN3O13P2/c1-9-13(19)14(34-36(24,25)30-4)11(32-9)8-31-37(26,27)35-15-10(7-28-2)33-17(16(15)29-3)22-6-5-12(20)21-18(22)23/h5-6,9-17H,7-8,20H2,1-4H3,(H,21,23)(H,24,25)(H,26,27)/t9-,10+,11+,12?,13?,14-,15-,16?,17+/m0/s1. The van der Waals surface area contributed by atoms with Gasteiger partial charge in [-0.1, -0.05) is 0 Å². The van der Waals surface area contributed by atoms with Gasteiger partial charge in [0.1, 0.15) is 30.5 Å². The van der Waals surface area contributed by atoms with Crippen molar-refractivity contribution in [2.24, 2.45) is 5.73 Å². The molecule has 37 heavy (non-hydrogen) atoms. The minimum Gasteiger partial charge on any atom is -0.382 e. The van der Waals surface area contributed by atoms with Gasteiger partial charge in [0, 0.05) is 27.5 Å². The lowest BCUT2D eigenvalue weighted by Crippen LogP contribution is -2.55. The van der Waals surface area contributed by atoms with Gasteiger partial charge in [0.15, 0.2) is 12.4 Å². The fourth-order valence-corrected chi connectivity index (χ4v) is 5.64. The Morgan fingerprint density at radius 3 is 2.32 bits per heavy atom. The molecule has 3 aliphatic heterocycles. The Morgan fingerprint density at radius 2 is 1.73 bits per heavy atom. The molecule has 5 unspecified atom stereocenters. The number of phosphoric acid groups is 2. The molecule has 0 aromatic carbocycles. The summed E-state index contributed by atoms with van der Waals surface area (Å²) in [6, 6.07) is -0.598. The van der Waals surface area contributed by atoms with Crippen molar-refractivity contribution in [2.45, 2.75) is 62.1 Å². The zero-order valence-electron chi connectivity index (χ0n) is 20.4. The van der Waals surface area contributed by atoms with Crippen molar-refractivity contribution >= 4 is 21.7 Å². The van der Waals surface area contributed by atoms with Crippen LogP contribution >= 0.6 is 15.6 Å². The van der Waals surface area contributed by atoms with E-state index in [0.717, 1.165) is 12.0 Å². The van der Waals surface area contributed by atoms with E-state index in [9.17, 15) is 28.1 Å². The SMILES string of the molecule is COC[C@H]1O[C@@H](N2C=CC(N)NC2=O)C(OC)[C@H]1OP(=O)(O)OC[C@H]1O[C@@H](C)C(F)[C@H]1OP(=O)(O)OC. The maximum absolute atomic E-state index is 14.5. The van der Waals surface area contributed by atoms with Gasteiger partial charge in [-0.25, -0.2) is 18.3 Å². The molecule has 3 aliphatic rings. The van der Waals surface area contributed by atoms with E-state index in [2.05, 4.69) is 9.84 Å². The second kappa shape index (κ2) is 12.4. The molecule has 0 aromatic rings. The molecular formula is C18H32FN3O13P2. The maximum atomic E-state index is 14.5. The van der Waals surface area contributed by atoms with Gasteiger partial charge in [0.05, 0.1) is 25.5 Å². The molecule has 214 valence electrons. The molecule has 11 atom stereocenters. The van der Waals surface area contributed by atoms with E-state index in [4.69, 9.17) is 38.3 Å². The fraction of sp³-hybridized carbons (Fsp3) is 0.833. The number of nitrogens with two attached hydrogens (primary N) is 1. The molecule has 3 rings (SSSR count). The van der Waals surface area contributed by atoms with Crippen molar-refractivity contribution in [3.8, 4) is 0 Å². The van der Waals surface area contributed by atoms with Crippen LogP contribution in [-0.2, 0) is 46.2 Å². The lowest BCUT2D eigenvalue weighted by Gasteiger charge is -2.33. The number of nitrogens with zero attached hydrogens (tertiary/aromatic N) is 1. The Hall–Kier alpha value is -1.04. The highest BCUT2D eigenvalue weighted by Gasteiger charge is 2.53. The summed E-state index contributed by atoms with van der Waals surface area (Å²) < 4.78 is 80.3. The molecule has 3 heterocycles. The quantitative estimate of drug-likeness (QED) is 0.224. The summed E-state index contributed by atoms with van der Waals surface area (Å²) in [6.45, 7) is 0.495. The number of amides is 2. The Kier molecular flexibility index (Phi) is 10.2. The number of phosphoric ester groups is 2. The lowest BCUT2D eigenvalue weighted by atomic mass is 10.1. The Balaban J connectivity index is 1.71. The van der Waals surface area contributed by atoms with E-state index in [-0.39, 0.29) is 6.61 Å². The number of hydrogen-bond acceptors (Lipinski definition) is 12. The monoisotopic (exact) mass is 579 g/mol. The van der Waals surface area contributed by atoms with E-state index < -0.39 is 83.5 Å². The number of ether oxygens (including phenoxy) is 4. The van der Waals surface area contributed by atoms with Crippen molar-refractivity contribution in [3.05, 3.63) is 12.3 Å². The minimum absolute atomic E-state index is 0.106. The Labute approximate surface area is 212 Å². The molecule has 0 spiro atoms. The van der Waals surface area contributed by atoms with E-state index in [0.29, 0.717) is 0 Å². The van der Waals surface area contributed by atoms with Crippen LogP contribution in [0.15, 0.2) is 12.3 Å². The van der Waals surface area contributed by atoms with E-state index >= 15 is 0 Å². The van der Waals surface area contributed by atoms with Crippen molar-refractivity contribution in [1.29, 1.82) is 0 Å². The fourth-order valence-electron chi connectivity index (χ4n) is 4.04. The summed E-state index contributed by atoms with van der Waals surface area (Å²) in [4.78, 5) is 33.5. The first kappa shape index (κ1) is 30.5. The van der Waals surface area contributed by atoms with Crippen molar-refractivity contribution in [2.75, 3.05) is 34.5 Å². The predicted octanol–water partition coefficient (Wildman–Crippen LogP) is -0.0440. The smallest absolute Gasteiger partial charge is 0.382 e. The van der Waals surface area contributed by atoms with Gasteiger partial charge in [-0.05, 0) is 13.0 Å². The summed E-state index contributed by atoms with van der Waals surface area (Å²) >= 11 is 0. The predicted molar refractivity (Wildman–Crippen MR) is 120 cm³/mol. The van der Waals surface area contributed by atoms with Crippen molar-refractivity contribution < 1.29 is 65.1 Å². The second-order valence-corrected chi connectivity index (χ2v) is 11.2. The van der Waals surface area contributed by atoms with Gasteiger partial charge in [0.25, 0.3) is 0 Å². The highest BCUT2D eigenvalue weighted by molar-refractivity contribution is 7.47. The maximum Gasteiger partial charge on any atom is 0.472 e. The average Bonchev–Trinajstić information content (AvgIpc) is 3.28. The first-order valence-electron chi connectivity index (χ1n) is 11.0. The number of carbonyl (C=O) groups is 1. The van der Waals surface area contributed by atoms with Crippen LogP contribution in [0.2, 0.25) is 0 Å². The van der Waals surface area contributed by atoms with Crippen LogP contribution in [0.3, 0.4) is 0 Å². The number of halogens is 1. The largest absolute Gasteiger partial charge is 0.472 e. The van der Waals surface area contributed by atoms with Crippen LogP contribution in [0.4, 0.5) is 9.18 Å². The average molecular weight is 579 g/mol. The lowest BCUT2D eigenvalue weighted by molar-refractivity contribution is -0.0770. The topological polar surface area (TPSA) is 207 Å². The van der Waals surface area contributed by atoms with Crippen molar-refractivity contribution in [3.63, 3.8) is 0 Å². The molecule has 2 saturated heterocycles. The van der Waals surface area contributed by atoms with Crippen LogP contribution in [0.1, 0.15) is 6.92 Å². The Morgan fingerprint density at radius 1 is 1.08 bits per heavy atom. The van der Waals surface area contributed by atoms with Crippen molar-refractivity contribution in [1.82, 2.24) is 10.2 Å².